The molecular weight excluding hydrogens is 120 g/mol. The fraction of sp³-hybridized carbons (Fsp3) is 0.200. The van der Waals surface area contributed by atoms with E-state index in [1.807, 2.05) is 13.8 Å². The topological polar surface area (TPSA) is 0 Å². The Balaban J connectivity index is 3.28. The van der Waals surface area contributed by atoms with Crippen molar-refractivity contribution in [3.63, 3.8) is 0 Å². The van der Waals surface area contributed by atoms with E-state index in [1.54, 1.807) is 0 Å². The second-order valence-corrected chi connectivity index (χ2v) is 2.24. The van der Waals surface area contributed by atoms with E-state index in [2.05, 4.69) is 36.4 Å². The average molecular weight is 132 g/mol. The molecule has 0 unspecified atom stereocenters. The van der Waals surface area contributed by atoms with Crippen molar-refractivity contribution in [3.05, 3.63) is 34.7 Å². The lowest BCUT2D eigenvalue weighted by Gasteiger charge is -1.83. The maximum atomic E-state index is 2.12. The summed E-state index contributed by atoms with van der Waals surface area (Å²) in [4.78, 5) is 0. The number of benzene rings is 1. The van der Waals surface area contributed by atoms with Crippen LogP contribution < -0.4 is 10.4 Å². The molecule has 0 atom stereocenters. The molecule has 1 rings (SSSR count). The highest BCUT2D eigenvalue weighted by atomic mass is 13.8. The Bertz CT molecular complexity index is 251. The molecule has 10 heavy (non-hydrogen) atoms. The van der Waals surface area contributed by atoms with Crippen molar-refractivity contribution in [1.29, 1.82) is 0 Å². The first kappa shape index (κ1) is 7.07. The zero-order valence-electron chi connectivity index (χ0n) is 6.46. The van der Waals surface area contributed by atoms with Crippen molar-refractivity contribution in [3.8, 4) is 0 Å². The molecule has 1 aromatic carbocycles. The molecule has 0 saturated carbocycles. The van der Waals surface area contributed by atoms with Crippen LogP contribution in [0.2, 0.25) is 0 Å². The summed E-state index contributed by atoms with van der Waals surface area (Å²) in [6, 6.07) is 8.48. The molecule has 1 aromatic rings. The molecule has 0 aliphatic rings. The van der Waals surface area contributed by atoms with Crippen LogP contribution in [0.1, 0.15) is 13.8 Å². The maximum Gasteiger partial charge on any atom is -0.0299 e. The zero-order chi connectivity index (χ0) is 7.40. The molecule has 0 spiro atoms. The number of rotatable bonds is 0. The summed E-state index contributed by atoms with van der Waals surface area (Å²) in [6.45, 7) is 4.09. The minimum Gasteiger partial charge on any atom is -0.0804 e. The minimum atomic E-state index is 1.28. The van der Waals surface area contributed by atoms with Gasteiger partial charge in [0.15, 0.2) is 0 Å². The lowest BCUT2D eigenvalue weighted by Crippen LogP contribution is -2.05. The Labute approximate surface area is 61.5 Å². The maximum absolute atomic E-state index is 2.12. The van der Waals surface area contributed by atoms with Crippen molar-refractivity contribution in [2.24, 2.45) is 0 Å². The van der Waals surface area contributed by atoms with E-state index in [4.69, 9.17) is 0 Å². The fourth-order valence-corrected chi connectivity index (χ4v) is 0.881. The van der Waals surface area contributed by atoms with Crippen LogP contribution in [0, 0.1) is 0 Å². The van der Waals surface area contributed by atoms with Gasteiger partial charge >= 0.3 is 0 Å². The smallest absolute Gasteiger partial charge is 0.0299 e. The monoisotopic (exact) mass is 132 g/mol. The van der Waals surface area contributed by atoms with Gasteiger partial charge in [-0.2, -0.15) is 0 Å². The van der Waals surface area contributed by atoms with E-state index in [0.717, 1.165) is 0 Å². The molecular formula is C10H12. The fourth-order valence-electron chi connectivity index (χ4n) is 0.881. The van der Waals surface area contributed by atoms with Gasteiger partial charge in [0.2, 0.25) is 0 Å². The molecule has 0 N–H and O–H groups in total. The molecule has 0 aromatic heterocycles. The second-order valence-electron chi connectivity index (χ2n) is 2.24. The lowest BCUT2D eigenvalue weighted by atomic mass is 10.2. The van der Waals surface area contributed by atoms with Crippen LogP contribution in [0.25, 0.3) is 12.2 Å². The summed E-state index contributed by atoms with van der Waals surface area (Å²) in [5, 5.41) is 2.57. The van der Waals surface area contributed by atoms with Crippen LogP contribution >= 0.6 is 0 Å². The molecule has 0 saturated heterocycles. The van der Waals surface area contributed by atoms with Gasteiger partial charge in [0.1, 0.15) is 0 Å². The summed E-state index contributed by atoms with van der Waals surface area (Å²) in [5.74, 6) is 0. The van der Waals surface area contributed by atoms with E-state index in [0.29, 0.717) is 0 Å². The summed E-state index contributed by atoms with van der Waals surface area (Å²) in [6.07, 6.45) is 4.19. The van der Waals surface area contributed by atoms with Crippen molar-refractivity contribution in [1.82, 2.24) is 0 Å². The van der Waals surface area contributed by atoms with Crippen LogP contribution in [0.3, 0.4) is 0 Å². The summed E-state index contributed by atoms with van der Waals surface area (Å²) in [5.41, 5.74) is 0. The van der Waals surface area contributed by atoms with E-state index in [1.165, 1.54) is 10.4 Å². The minimum absolute atomic E-state index is 1.28. The molecule has 0 bridgehead atoms. The third kappa shape index (κ3) is 1.47. The van der Waals surface area contributed by atoms with Gasteiger partial charge in [-0.3, -0.25) is 0 Å². The van der Waals surface area contributed by atoms with E-state index < -0.39 is 0 Å². The third-order valence-electron chi connectivity index (χ3n) is 1.60. The van der Waals surface area contributed by atoms with E-state index in [-0.39, 0.29) is 0 Å². The average Bonchev–Trinajstić information content (AvgIpc) is 2.05. The standard InChI is InChI=1S/C10H12/c1-3-9-5-7-10(4-2)8-6-9/h3-8H,1-2H3. The molecule has 0 radical (unpaired) electrons. The van der Waals surface area contributed by atoms with Crippen molar-refractivity contribution < 1.29 is 0 Å². The van der Waals surface area contributed by atoms with Crippen LogP contribution in [-0.4, -0.2) is 0 Å². The number of hydrogen-bond donors (Lipinski definition) is 0. The van der Waals surface area contributed by atoms with Gasteiger partial charge in [-0.25, -0.2) is 0 Å². The molecule has 0 heteroatoms. The van der Waals surface area contributed by atoms with Gasteiger partial charge in [-0.15, -0.1) is 0 Å². The van der Waals surface area contributed by atoms with E-state index >= 15 is 0 Å². The van der Waals surface area contributed by atoms with Crippen LogP contribution in [0.5, 0.6) is 0 Å². The van der Waals surface area contributed by atoms with Gasteiger partial charge in [-0.1, -0.05) is 36.4 Å². The predicted molar refractivity (Wildman–Crippen MR) is 46.0 cm³/mol. The zero-order valence-corrected chi connectivity index (χ0v) is 6.46. The van der Waals surface area contributed by atoms with Crippen LogP contribution in [0.15, 0.2) is 24.3 Å². The first-order chi connectivity index (χ1) is 4.86. The highest BCUT2D eigenvalue weighted by Crippen LogP contribution is 1.70. The van der Waals surface area contributed by atoms with Gasteiger partial charge in [0.25, 0.3) is 0 Å². The van der Waals surface area contributed by atoms with Crippen LogP contribution in [0.4, 0.5) is 0 Å². The summed E-state index contributed by atoms with van der Waals surface area (Å²) < 4.78 is 0. The molecule has 52 valence electrons. The van der Waals surface area contributed by atoms with Crippen molar-refractivity contribution in [2.75, 3.05) is 0 Å². The first-order valence-electron chi connectivity index (χ1n) is 3.55. The Morgan fingerprint density at radius 1 is 0.800 bits per heavy atom. The second kappa shape index (κ2) is 3.21. The Morgan fingerprint density at radius 2 is 1.10 bits per heavy atom. The summed E-state index contributed by atoms with van der Waals surface area (Å²) in [7, 11) is 0. The highest BCUT2D eigenvalue weighted by Gasteiger charge is 1.74. The third-order valence-corrected chi connectivity index (χ3v) is 1.60. The molecule has 0 aliphatic carbocycles. The molecule has 0 fully saturated rings. The Hall–Kier alpha value is -1.04. The molecule has 0 heterocycles. The van der Waals surface area contributed by atoms with Crippen molar-refractivity contribution >= 4 is 12.2 Å². The molecule has 0 nitrogen and oxygen atoms in total. The quantitative estimate of drug-likeness (QED) is 0.499. The lowest BCUT2D eigenvalue weighted by molar-refractivity contribution is 1.53. The Kier molecular flexibility index (Phi) is 2.27. The van der Waals surface area contributed by atoms with Gasteiger partial charge in [-0.05, 0) is 24.3 Å². The SMILES string of the molecule is CC=c1ccc(=CC)cc1. The van der Waals surface area contributed by atoms with Gasteiger partial charge < -0.3 is 0 Å². The van der Waals surface area contributed by atoms with Crippen LogP contribution in [-0.2, 0) is 0 Å². The van der Waals surface area contributed by atoms with E-state index in [9.17, 15) is 0 Å². The van der Waals surface area contributed by atoms with Crippen molar-refractivity contribution in [2.45, 2.75) is 13.8 Å². The normalized spacial score (nSPS) is 9.00. The van der Waals surface area contributed by atoms with Gasteiger partial charge in [0, 0.05) is 0 Å². The number of hydrogen-bond acceptors (Lipinski definition) is 0. The van der Waals surface area contributed by atoms with Gasteiger partial charge in [0.05, 0.1) is 0 Å². The molecule has 0 aliphatic heterocycles. The predicted octanol–water partition coefficient (Wildman–Crippen LogP) is 1.29. The molecule has 0 amide bonds. The largest absolute Gasteiger partial charge is 0.0804 e. The first-order valence-corrected chi connectivity index (χ1v) is 3.55. The Morgan fingerprint density at radius 3 is 1.30 bits per heavy atom. The summed E-state index contributed by atoms with van der Waals surface area (Å²) >= 11 is 0. The highest BCUT2D eigenvalue weighted by molar-refractivity contribution is 5.25.